The first-order valence-electron chi connectivity index (χ1n) is 4.24. The van der Waals surface area contributed by atoms with Gasteiger partial charge in [0, 0.05) is 12.8 Å². The average molecular weight is 158 g/mol. The number of rotatable bonds is 2. The molecule has 0 bridgehead atoms. The minimum absolute atomic E-state index is 0.0255. The van der Waals surface area contributed by atoms with Crippen LogP contribution >= 0.6 is 0 Å². The molecule has 1 N–H and O–H groups in total. The van der Waals surface area contributed by atoms with E-state index in [9.17, 15) is 4.79 Å². The van der Waals surface area contributed by atoms with Crippen LogP contribution in [0.2, 0.25) is 0 Å². The second-order valence-electron chi connectivity index (χ2n) is 3.04. The van der Waals surface area contributed by atoms with Gasteiger partial charge in [0.25, 0.3) is 0 Å². The number of hydrogen-bond acceptors (Lipinski definition) is 2. The maximum atomic E-state index is 11.2. The van der Waals surface area contributed by atoms with E-state index in [4.69, 9.17) is 4.74 Å². The minimum Gasteiger partial charge on any atom is -0.462 e. The monoisotopic (exact) mass is 158 g/mol. The summed E-state index contributed by atoms with van der Waals surface area (Å²) in [6, 6.07) is 0.106. The van der Waals surface area contributed by atoms with Crippen LogP contribution in [0.15, 0.2) is 0 Å². The number of esters is 1. The summed E-state index contributed by atoms with van der Waals surface area (Å²) in [6.45, 7) is 3.45. The first-order valence-corrected chi connectivity index (χ1v) is 4.24. The molecule has 1 heterocycles. The molecule has 3 nitrogen and oxygen atoms in total. The third kappa shape index (κ3) is 1.93. The van der Waals surface area contributed by atoms with E-state index in [0.29, 0.717) is 6.61 Å². The molecule has 1 fully saturated rings. The third-order valence-corrected chi connectivity index (χ3v) is 2.23. The molecule has 1 aliphatic rings. The van der Waals surface area contributed by atoms with E-state index < -0.39 is 0 Å². The Morgan fingerprint density at radius 2 is 2.45 bits per heavy atom. The number of likely N-dealkylation sites (N-methyl/N-ethyl adjacent to an activating group) is 1. The summed E-state index contributed by atoms with van der Waals surface area (Å²) in [4.78, 5) is 12.5. The van der Waals surface area contributed by atoms with Gasteiger partial charge in [-0.3, -0.25) is 0 Å². The van der Waals surface area contributed by atoms with Gasteiger partial charge < -0.3 is 9.64 Å². The molecular weight excluding hydrogens is 142 g/mol. The van der Waals surface area contributed by atoms with Crippen molar-refractivity contribution in [3.8, 4) is 0 Å². The zero-order chi connectivity index (χ0) is 8.27. The number of quaternary nitrogens is 1. The van der Waals surface area contributed by atoms with E-state index in [-0.39, 0.29) is 12.0 Å². The molecule has 0 aromatic rings. The maximum absolute atomic E-state index is 11.2. The fourth-order valence-corrected chi connectivity index (χ4v) is 1.57. The highest BCUT2D eigenvalue weighted by molar-refractivity contribution is 5.74. The molecule has 0 aromatic carbocycles. The Morgan fingerprint density at radius 3 is 2.91 bits per heavy atom. The summed E-state index contributed by atoms with van der Waals surface area (Å²) in [5.41, 5.74) is 0. The molecular formula is C8H16NO2+. The third-order valence-electron chi connectivity index (χ3n) is 2.23. The lowest BCUT2D eigenvalue weighted by atomic mass is 10.2. The number of nitrogens with one attached hydrogen (secondary N) is 1. The molecule has 1 aliphatic heterocycles. The smallest absolute Gasteiger partial charge is 0.364 e. The SMILES string of the molecule is CCOC(=O)[C@H]1CCC[NH+]1C. The van der Waals surface area contributed by atoms with Crippen molar-refractivity contribution in [1.82, 2.24) is 0 Å². The van der Waals surface area contributed by atoms with Gasteiger partial charge in [0.05, 0.1) is 20.2 Å². The van der Waals surface area contributed by atoms with Crippen molar-refractivity contribution >= 4 is 5.97 Å². The van der Waals surface area contributed by atoms with Crippen molar-refractivity contribution in [1.29, 1.82) is 0 Å². The van der Waals surface area contributed by atoms with Crippen LogP contribution in [0, 0.1) is 0 Å². The van der Waals surface area contributed by atoms with Crippen LogP contribution < -0.4 is 4.90 Å². The van der Waals surface area contributed by atoms with E-state index in [0.717, 1.165) is 19.4 Å². The number of carbonyl (C=O) groups excluding carboxylic acids is 1. The van der Waals surface area contributed by atoms with Crippen molar-refractivity contribution < 1.29 is 14.4 Å². The van der Waals surface area contributed by atoms with Crippen molar-refractivity contribution in [3.63, 3.8) is 0 Å². The fourth-order valence-electron chi connectivity index (χ4n) is 1.57. The van der Waals surface area contributed by atoms with E-state index in [1.54, 1.807) is 0 Å². The van der Waals surface area contributed by atoms with Crippen molar-refractivity contribution in [2.45, 2.75) is 25.8 Å². The van der Waals surface area contributed by atoms with Gasteiger partial charge in [-0.25, -0.2) is 4.79 Å². The van der Waals surface area contributed by atoms with E-state index in [1.165, 1.54) is 4.90 Å². The summed E-state index contributed by atoms with van der Waals surface area (Å²) >= 11 is 0. The molecule has 0 saturated carbocycles. The van der Waals surface area contributed by atoms with Gasteiger partial charge in [-0.1, -0.05) is 0 Å². The summed E-state index contributed by atoms with van der Waals surface area (Å²) in [6.07, 6.45) is 2.14. The summed E-state index contributed by atoms with van der Waals surface area (Å²) in [5, 5.41) is 0. The van der Waals surface area contributed by atoms with Crippen LogP contribution in [0.5, 0.6) is 0 Å². The fraction of sp³-hybridized carbons (Fsp3) is 0.875. The average Bonchev–Trinajstić information content (AvgIpc) is 2.36. The van der Waals surface area contributed by atoms with Gasteiger partial charge in [0.2, 0.25) is 0 Å². The van der Waals surface area contributed by atoms with Crippen LogP contribution in [0.3, 0.4) is 0 Å². The van der Waals surface area contributed by atoms with Crippen LogP contribution in [0.1, 0.15) is 19.8 Å². The summed E-state index contributed by atoms with van der Waals surface area (Å²) in [5.74, 6) is -0.0255. The molecule has 1 unspecified atom stereocenters. The summed E-state index contributed by atoms with van der Waals surface area (Å²) < 4.78 is 4.94. The van der Waals surface area contributed by atoms with Crippen LogP contribution in [-0.2, 0) is 9.53 Å². The minimum atomic E-state index is -0.0255. The largest absolute Gasteiger partial charge is 0.462 e. The molecule has 0 spiro atoms. The van der Waals surface area contributed by atoms with E-state index in [2.05, 4.69) is 7.05 Å². The van der Waals surface area contributed by atoms with Gasteiger partial charge in [0.1, 0.15) is 0 Å². The van der Waals surface area contributed by atoms with Crippen LogP contribution in [0.25, 0.3) is 0 Å². The summed E-state index contributed by atoms with van der Waals surface area (Å²) in [7, 11) is 2.05. The Kier molecular flexibility index (Phi) is 2.88. The van der Waals surface area contributed by atoms with Crippen molar-refractivity contribution in [2.24, 2.45) is 0 Å². The highest BCUT2D eigenvalue weighted by Crippen LogP contribution is 2.00. The second kappa shape index (κ2) is 3.72. The molecule has 3 heteroatoms. The van der Waals surface area contributed by atoms with Crippen molar-refractivity contribution in [3.05, 3.63) is 0 Å². The first-order chi connectivity index (χ1) is 5.25. The normalized spacial score (nSPS) is 30.4. The van der Waals surface area contributed by atoms with Crippen molar-refractivity contribution in [2.75, 3.05) is 20.2 Å². The first kappa shape index (κ1) is 8.53. The van der Waals surface area contributed by atoms with Crippen LogP contribution in [-0.4, -0.2) is 32.2 Å². The number of likely N-dealkylation sites (tertiary alicyclic amines) is 1. The second-order valence-corrected chi connectivity index (χ2v) is 3.04. The lowest BCUT2D eigenvalue weighted by Gasteiger charge is -2.14. The Morgan fingerprint density at radius 1 is 1.73 bits per heavy atom. The highest BCUT2D eigenvalue weighted by atomic mass is 16.5. The van der Waals surface area contributed by atoms with Gasteiger partial charge in [-0.2, -0.15) is 0 Å². The molecule has 0 amide bonds. The molecule has 0 radical (unpaired) electrons. The van der Waals surface area contributed by atoms with Crippen LogP contribution in [0.4, 0.5) is 0 Å². The molecule has 1 rings (SSSR count). The number of hydrogen-bond donors (Lipinski definition) is 1. The quantitative estimate of drug-likeness (QED) is 0.535. The van der Waals surface area contributed by atoms with Gasteiger partial charge >= 0.3 is 5.97 Å². The molecule has 64 valence electrons. The zero-order valence-corrected chi connectivity index (χ0v) is 7.22. The predicted octanol–water partition coefficient (Wildman–Crippen LogP) is -0.773. The molecule has 0 aromatic heterocycles. The highest BCUT2D eigenvalue weighted by Gasteiger charge is 2.32. The Hall–Kier alpha value is -0.570. The standard InChI is InChI=1S/C8H15NO2/c1-3-11-8(10)7-5-4-6-9(7)2/h7H,3-6H2,1-2H3/p+1/t7-/m1/s1. The Balaban J connectivity index is 2.39. The molecule has 11 heavy (non-hydrogen) atoms. The van der Waals surface area contributed by atoms with Gasteiger partial charge in [-0.05, 0) is 6.92 Å². The van der Waals surface area contributed by atoms with E-state index >= 15 is 0 Å². The number of carbonyl (C=O) groups is 1. The Bertz CT molecular complexity index is 147. The van der Waals surface area contributed by atoms with E-state index in [1.807, 2.05) is 6.92 Å². The van der Waals surface area contributed by atoms with Gasteiger partial charge in [0.15, 0.2) is 6.04 Å². The molecule has 0 aliphatic carbocycles. The Labute approximate surface area is 67.3 Å². The number of ether oxygens (including phenoxy) is 1. The maximum Gasteiger partial charge on any atom is 0.364 e. The molecule has 1 saturated heterocycles. The topological polar surface area (TPSA) is 30.7 Å². The van der Waals surface area contributed by atoms with Gasteiger partial charge in [-0.15, -0.1) is 0 Å². The lowest BCUT2D eigenvalue weighted by molar-refractivity contribution is -0.883. The predicted molar refractivity (Wildman–Crippen MR) is 41.4 cm³/mol. The lowest BCUT2D eigenvalue weighted by Crippen LogP contribution is -3.11. The molecule has 2 atom stereocenters. The zero-order valence-electron chi connectivity index (χ0n) is 7.22.